The molecule has 3 nitrogen and oxygen atoms in total. The molecule has 0 aliphatic rings. The molecule has 0 amide bonds. The predicted octanol–water partition coefficient (Wildman–Crippen LogP) is -2.56. The number of rotatable bonds is 0. The van der Waals surface area contributed by atoms with Gasteiger partial charge in [-0.1, -0.05) is 0 Å². The van der Waals surface area contributed by atoms with Crippen LogP contribution in [0.2, 0.25) is 5.71 Å². The third-order valence-corrected chi connectivity index (χ3v) is 0. The number of hydrogen-bond acceptors (Lipinski definition) is 3. The second-order valence-corrected chi connectivity index (χ2v) is 4.01. The topological polar surface area (TPSA) is 63.2 Å². The molecule has 32 valence electrons. The van der Waals surface area contributed by atoms with Crippen LogP contribution >= 0.6 is 0 Å². The van der Waals surface area contributed by atoms with Crippen LogP contribution in [0.3, 0.4) is 0 Å². The summed E-state index contributed by atoms with van der Waals surface area (Å²) < 4.78 is 27.5. The van der Waals surface area contributed by atoms with E-state index in [1.165, 1.54) is 0 Å². The summed E-state index contributed by atoms with van der Waals surface area (Å²) in [5, 5.41) is 0. The fourth-order valence-corrected chi connectivity index (χ4v) is 0. The zero-order valence-corrected chi connectivity index (χ0v) is 7.46. The first kappa shape index (κ1) is 10.5. The van der Waals surface area contributed by atoms with Crippen LogP contribution in [0.1, 0.15) is 1.43 Å². The molecule has 0 aliphatic carbocycles. The summed E-state index contributed by atoms with van der Waals surface area (Å²) in [5.74, 6) is 0. The summed E-state index contributed by atoms with van der Waals surface area (Å²) in [6.45, 7) is 0. The minimum absolute atomic E-state index is 0. The summed E-state index contributed by atoms with van der Waals surface area (Å²) in [4.78, 5) is 0. The molecule has 0 aromatic heterocycles. The number of hydrogen-bond donors (Lipinski definition) is 0. The van der Waals surface area contributed by atoms with Crippen LogP contribution in [0.15, 0.2) is 0 Å². The van der Waals surface area contributed by atoms with Crippen molar-refractivity contribution < 1.29 is 13.4 Å². The summed E-state index contributed by atoms with van der Waals surface area (Å²) in [6.07, 6.45) is 0. The van der Waals surface area contributed by atoms with Gasteiger partial charge in [0.05, 0.1) is 0 Å². The maximum absolute atomic E-state index is 9.16. The monoisotopic (exact) mass is 179 g/mol. The van der Waals surface area contributed by atoms with Gasteiger partial charge in [-0.3, -0.25) is 0 Å². The summed E-state index contributed by atoms with van der Waals surface area (Å²) >= 11 is -4.62. The van der Waals surface area contributed by atoms with Crippen molar-refractivity contribution in [1.82, 2.24) is 0 Å². The van der Waals surface area contributed by atoms with Crippen molar-refractivity contribution in [2.45, 2.75) is 5.71 Å². The summed E-state index contributed by atoms with van der Waals surface area (Å²) in [5.41, 5.74) is 0.693. The maximum Gasteiger partial charge on any atom is 2.00 e. The molecular weight excluding hydrogens is 175 g/mol. The molecule has 0 aliphatic heterocycles. The molecule has 0 aromatic rings. The van der Waals surface area contributed by atoms with Crippen molar-refractivity contribution in [1.29, 1.82) is 0 Å². The first-order chi connectivity index (χ1) is 2.00. The quantitative estimate of drug-likeness (QED) is 0.384. The van der Waals surface area contributed by atoms with E-state index in [4.69, 9.17) is 11.9 Å². The van der Waals surface area contributed by atoms with E-state index in [0.717, 1.165) is 0 Å². The van der Waals surface area contributed by atoms with E-state index < -0.39 is 14.2 Å². The Hall–Kier alpha value is 1.54. The Morgan fingerprint density at radius 1 is 1.67 bits per heavy atom. The second kappa shape index (κ2) is 3.53. The molecule has 0 saturated carbocycles. The van der Waals surface area contributed by atoms with E-state index in [1.54, 1.807) is 0 Å². The van der Waals surface area contributed by atoms with Gasteiger partial charge in [-0.05, 0) is 0 Å². The van der Waals surface area contributed by atoms with Crippen molar-refractivity contribution in [3.63, 3.8) is 0 Å². The van der Waals surface area contributed by atoms with E-state index in [9.17, 15) is 0 Å². The molecule has 0 bridgehead atoms. The van der Waals surface area contributed by atoms with E-state index in [2.05, 4.69) is 0 Å². The Balaban J connectivity index is -0.0000000800. The third kappa shape index (κ3) is 48.2. The van der Waals surface area contributed by atoms with Gasteiger partial charge in [0.2, 0.25) is 0 Å². The summed E-state index contributed by atoms with van der Waals surface area (Å²) in [6, 6.07) is 0. The van der Waals surface area contributed by atoms with Crippen LogP contribution < -0.4 is 8.19 Å². The van der Waals surface area contributed by atoms with Crippen LogP contribution in [0, 0.1) is 0 Å². The van der Waals surface area contributed by atoms with Crippen molar-refractivity contribution in [3.8, 4) is 0 Å². The van der Waals surface area contributed by atoms with Crippen LogP contribution in [-0.2, 0) is 3.74 Å². The van der Waals surface area contributed by atoms with Crippen LogP contribution in [0.4, 0.5) is 0 Å². The zero-order valence-electron chi connectivity index (χ0n) is 4.38. The molecule has 0 rings (SSSR count). The van der Waals surface area contributed by atoms with Crippen LogP contribution in [0.5, 0.6) is 0 Å². The molecule has 0 unspecified atom stereocenters. The Labute approximate surface area is 70.2 Å². The Bertz CT molecular complexity index is 61.1. The van der Waals surface area contributed by atoms with Crippen molar-refractivity contribution in [3.05, 3.63) is 0 Å². The van der Waals surface area contributed by atoms with Gasteiger partial charge in [-0.25, -0.2) is 0 Å². The Kier molecular flexibility index (Phi) is 6.18. The first-order valence-corrected chi connectivity index (χ1v) is 5.17. The zero-order chi connectivity index (χ0) is 4.50. The largest absolute Gasteiger partial charge is 2.00 e. The van der Waals surface area contributed by atoms with Crippen LogP contribution in [0.25, 0.3) is 0 Å². The fraction of sp³-hybridized carbons (Fsp3) is 1.00. The first-order valence-electron chi connectivity index (χ1n) is 0.995. The minimum atomic E-state index is -4.62. The van der Waals surface area contributed by atoms with Crippen molar-refractivity contribution in [2.24, 2.45) is 0 Å². The molecule has 5 heteroatoms. The normalized spacial score (nSPS) is 9.83. The average molecular weight is 179 g/mol. The van der Waals surface area contributed by atoms with E-state index >= 15 is 0 Å². The second-order valence-electron chi connectivity index (χ2n) is 0.771. The Morgan fingerprint density at radius 2 is 1.67 bits per heavy atom. The average Bonchev–Trinajstić information content (AvgIpc) is 0.722. The van der Waals surface area contributed by atoms with Gasteiger partial charge in [-0.15, -0.1) is 0 Å². The molecular formula is CH4AsCaO3+. The van der Waals surface area contributed by atoms with Gasteiger partial charge in [0.15, 0.2) is 0 Å². The molecule has 0 saturated heterocycles. The van der Waals surface area contributed by atoms with Gasteiger partial charge in [0.25, 0.3) is 0 Å². The SMILES string of the molecule is C[As](=O)([O-])[O-].[Ca+2].[H+]. The van der Waals surface area contributed by atoms with Gasteiger partial charge >= 0.3 is 71.0 Å². The molecule has 0 atom stereocenters. The molecule has 0 fully saturated rings. The van der Waals surface area contributed by atoms with E-state index in [-0.39, 0.29) is 39.2 Å². The third-order valence-electron chi connectivity index (χ3n) is 0. The van der Waals surface area contributed by atoms with Crippen molar-refractivity contribution in [2.75, 3.05) is 0 Å². The summed E-state index contributed by atoms with van der Waals surface area (Å²) in [7, 11) is 0. The van der Waals surface area contributed by atoms with Gasteiger partial charge in [0.1, 0.15) is 0 Å². The molecule has 0 spiro atoms. The van der Waals surface area contributed by atoms with E-state index in [1.807, 2.05) is 0 Å². The standard InChI is InChI=1S/CH5AsO3.Ca/c1-2(3,4)5;/h1H3,(H2,3,4,5);/q;+2/p-1. The van der Waals surface area contributed by atoms with Crippen LogP contribution in [-0.4, -0.2) is 51.9 Å². The molecule has 0 aromatic carbocycles. The van der Waals surface area contributed by atoms with E-state index in [0.29, 0.717) is 5.71 Å². The predicted molar refractivity (Wildman–Crippen MR) is 19.2 cm³/mol. The Morgan fingerprint density at radius 3 is 1.67 bits per heavy atom. The fourth-order valence-electron chi connectivity index (χ4n) is 0. The molecule has 0 heterocycles. The maximum atomic E-state index is 9.16. The molecule has 6 heavy (non-hydrogen) atoms. The minimum Gasteiger partial charge on any atom is 1.00 e. The van der Waals surface area contributed by atoms with Gasteiger partial charge in [-0.2, -0.15) is 0 Å². The molecule has 0 N–H and O–H groups in total. The van der Waals surface area contributed by atoms with Gasteiger partial charge in [0, 0.05) is 0 Å². The molecule has 0 radical (unpaired) electrons. The van der Waals surface area contributed by atoms with Crippen molar-refractivity contribution >= 4 is 51.9 Å². The smallest absolute Gasteiger partial charge is 1.00 e. The van der Waals surface area contributed by atoms with Gasteiger partial charge < -0.3 is 0 Å².